The highest BCUT2D eigenvalue weighted by Gasteiger charge is 2.51. The Morgan fingerprint density at radius 1 is 0.513 bits per heavy atom. The molecule has 0 aliphatic carbocycles. The number of benzene rings is 6. The van der Waals surface area contributed by atoms with Gasteiger partial charge in [0.15, 0.2) is 0 Å². The van der Waals surface area contributed by atoms with Crippen LogP contribution in [0.15, 0.2) is 91.0 Å². The van der Waals surface area contributed by atoms with Gasteiger partial charge in [-0.15, -0.1) is 0 Å². The summed E-state index contributed by atoms with van der Waals surface area (Å²) in [6, 6.07) is 33.4. The van der Waals surface area contributed by atoms with Crippen LogP contribution in [-0.4, -0.2) is 18.3 Å². The minimum absolute atomic E-state index is 0.381. The minimum atomic E-state index is -0.397. The van der Waals surface area contributed by atoms with Gasteiger partial charge < -0.3 is 9.31 Å². The molecule has 0 atom stereocenters. The zero-order chi connectivity index (χ0) is 27.1. The van der Waals surface area contributed by atoms with Crippen LogP contribution < -0.4 is 5.46 Å². The number of aryl methyl sites for hydroxylation is 2. The van der Waals surface area contributed by atoms with Gasteiger partial charge in [-0.05, 0) is 112 Å². The van der Waals surface area contributed by atoms with Crippen molar-refractivity contribution in [3.8, 4) is 11.1 Å². The van der Waals surface area contributed by atoms with Crippen LogP contribution in [0, 0.1) is 13.8 Å². The lowest BCUT2D eigenvalue weighted by atomic mass is 9.76. The molecule has 3 heteroatoms. The number of hydrogen-bond acceptors (Lipinski definition) is 2. The summed E-state index contributed by atoms with van der Waals surface area (Å²) in [5.74, 6) is 0. The van der Waals surface area contributed by atoms with Gasteiger partial charge in [-0.2, -0.15) is 0 Å². The maximum atomic E-state index is 6.45. The molecule has 0 saturated carbocycles. The molecular formula is C36H33BO2. The van der Waals surface area contributed by atoms with Crippen molar-refractivity contribution in [2.45, 2.75) is 52.7 Å². The fourth-order valence-electron chi connectivity index (χ4n) is 6.33. The topological polar surface area (TPSA) is 18.5 Å². The Morgan fingerprint density at radius 3 is 1.77 bits per heavy atom. The normalized spacial score (nSPS) is 16.6. The van der Waals surface area contributed by atoms with Gasteiger partial charge in [0.1, 0.15) is 0 Å². The maximum absolute atomic E-state index is 6.45. The van der Waals surface area contributed by atoms with E-state index in [1.807, 2.05) is 0 Å². The molecule has 192 valence electrons. The van der Waals surface area contributed by atoms with E-state index in [9.17, 15) is 0 Å². The average Bonchev–Trinajstić information content (AvgIpc) is 3.15. The molecule has 6 aromatic rings. The molecule has 39 heavy (non-hydrogen) atoms. The van der Waals surface area contributed by atoms with Crippen LogP contribution in [0.2, 0.25) is 0 Å². The van der Waals surface area contributed by atoms with E-state index in [1.165, 1.54) is 65.3 Å². The van der Waals surface area contributed by atoms with E-state index in [0.29, 0.717) is 0 Å². The lowest BCUT2D eigenvalue weighted by Crippen LogP contribution is -2.41. The van der Waals surface area contributed by atoms with Gasteiger partial charge in [0.25, 0.3) is 0 Å². The largest absolute Gasteiger partial charge is 0.494 e. The molecule has 0 spiro atoms. The van der Waals surface area contributed by atoms with Crippen LogP contribution in [0.25, 0.3) is 54.2 Å². The summed E-state index contributed by atoms with van der Waals surface area (Å²) in [5.41, 5.74) is 5.51. The highest BCUT2D eigenvalue weighted by Crippen LogP contribution is 2.44. The van der Waals surface area contributed by atoms with Crippen LogP contribution in [0.4, 0.5) is 0 Å². The Balaban J connectivity index is 1.60. The van der Waals surface area contributed by atoms with Crippen molar-refractivity contribution in [2.75, 3.05) is 0 Å². The first-order valence-corrected chi connectivity index (χ1v) is 13.9. The van der Waals surface area contributed by atoms with Gasteiger partial charge in [0, 0.05) is 0 Å². The summed E-state index contributed by atoms with van der Waals surface area (Å²) in [4.78, 5) is 0. The molecule has 0 radical (unpaired) electrons. The van der Waals surface area contributed by atoms with Gasteiger partial charge in [-0.1, -0.05) is 91.0 Å². The predicted octanol–water partition coefficient (Wildman–Crippen LogP) is 8.88. The molecule has 0 bridgehead atoms. The van der Waals surface area contributed by atoms with Crippen molar-refractivity contribution in [3.63, 3.8) is 0 Å². The second-order valence-electron chi connectivity index (χ2n) is 12.1. The van der Waals surface area contributed by atoms with E-state index in [0.717, 1.165) is 5.46 Å². The molecule has 0 aromatic heterocycles. The zero-order valence-corrected chi connectivity index (χ0v) is 23.6. The number of hydrogen-bond donors (Lipinski definition) is 0. The second-order valence-corrected chi connectivity index (χ2v) is 12.1. The molecule has 6 aromatic carbocycles. The molecule has 7 rings (SSSR count). The molecule has 1 aliphatic rings. The van der Waals surface area contributed by atoms with E-state index in [4.69, 9.17) is 9.31 Å². The fraction of sp³-hybridized carbons (Fsp3) is 0.222. The maximum Gasteiger partial charge on any atom is 0.494 e. The van der Waals surface area contributed by atoms with Crippen molar-refractivity contribution in [3.05, 3.63) is 102 Å². The van der Waals surface area contributed by atoms with Gasteiger partial charge in [0.2, 0.25) is 0 Å². The lowest BCUT2D eigenvalue weighted by molar-refractivity contribution is 0.00578. The van der Waals surface area contributed by atoms with E-state index in [-0.39, 0.29) is 11.2 Å². The van der Waals surface area contributed by atoms with Crippen LogP contribution in [-0.2, 0) is 9.31 Å². The van der Waals surface area contributed by atoms with Gasteiger partial charge in [-0.3, -0.25) is 0 Å². The standard InChI is InChI=1S/C36H33BO2/c1-22-15-17-24-11-7-8-12-26(24)32(22)33-23(2)16-19-29-27-13-9-10-14-28(27)31-21-25(18-20-30(31)34(29)33)37-38-35(3,4)36(5,6)39-37/h7-21H,1-6H3. The van der Waals surface area contributed by atoms with Crippen LogP contribution in [0.3, 0.4) is 0 Å². The molecule has 2 nitrogen and oxygen atoms in total. The highest BCUT2D eigenvalue weighted by atomic mass is 16.7. The fourth-order valence-corrected chi connectivity index (χ4v) is 6.33. The summed E-state index contributed by atoms with van der Waals surface area (Å²) in [6.45, 7) is 12.9. The van der Waals surface area contributed by atoms with Crippen LogP contribution in [0.5, 0.6) is 0 Å². The SMILES string of the molecule is Cc1ccc2ccccc2c1-c1c(C)ccc2c3ccccc3c3cc(B4OC(C)(C)C(C)(C)O4)ccc3c12. The molecular weight excluding hydrogens is 475 g/mol. The highest BCUT2D eigenvalue weighted by molar-refractivity contribution is 6.62. The Bertz CT molecular complexity index is 1930. The Morgan fingerprint density at radius 2 is 1.05 bits per heavy atom. The monoisotopic (exact) mass is 508 g/mol. The molecule has 0 amide bonds. The predicted molar refractivity (Wildman–Crippen MR) is 167 cm³/mol. The van der Waals surface area contributed by atoms with Crippen molar-refractivity contribution < 1.29 is 9.31 Å². The second kappa shape index (κ2) is 8.42. The third-order valence-electron chi connectivity index (χ3n) is 9.15. The lowest BCUT2D eigenvalue weighted by Gasteiger charge is -2.32. The van der Waals surface area contributed by atoms with Crippen LogP contribution >= 0.6 is 0 Å². The van der Waals surface area contributed by atoms with Crippen LogP contribution in [0.1, 0.15) is 38.8 Å². The first-order chi connectivity index (χ1) is 18.7. The van der Waals surface area contributed by atoms with Gasteiger partial charge in [-0.25, -0.2) is 0 Å². The number of fused-ring (bicyclic) bond motifs is 7. The van der Waals surface area contributed by atoms with E-state index in [1.54, 1.807) is 0 Å². The van der Waals surface area contributed by atoms with E-state index >= 15 is 0 Å². The molecule has 1 saturated heterocycles. The third-order valence-corrected chi connectivity index (χ3v) is 9.15. The Hall–Kier alpha value is -3.66. The summed E-state index contributed by atoms with van der Waals surface area (Å²) in [7, 11) is -0.397. The average molecular weight is 508 g/mol. The molecule has 1 heterocycles. The molecule has 1 aliphatic heterocycles. The minimum Gasteiger partial charge on any atom is -0.399 e. The molecule has 0 unspecified atom stereocenters. The summed E-state index contributed by atoms with van der Waals surface area (Å²) < 4.78 is 12.9. The first-order valence-electron chi connectivity index (χ1n) is 13.9. The number of rotatable bonds is 2. The zero-order valence-electron chi connectivity index (χ0n) is 23.6. The Kier molecular flexibility index (Phi) is 5.27. The summed E-state index contributed by atoms with van der Waals surface area (Å²) in [5, 5.41) is 10.2. The quantitative estimate of drug-likeness (QED) is 0.172. The molecule has 0 N–H and O–H groups in total. The summed E-state index contributed by atoms with van der Waals surface area (Å²) >= 11 is 0. The Labute approximate surface area is 230 Å². The van der Waals surface area contributed by atoms with Gasteiger partial charge in [0.05, 0.1) is 11.2 Å². The van der Waals surface area contributed by atoms with Crippen molar-refractivity contribution in [2.24, 2.45) is 0 Å². The third kappa shape index (κ3) is 3.57. The van der Waals surface area contributed by atoms with Crippen molar-refractivity contribution in [1.82, 2.24) is 0 Å². The van der Waals surface area contributed by atoms with E-state index in [2.05, 4.69) is 133 Å². The first kappa shape index (κ1) is 24.4. The van der Waals surface area contributed by atoms with Crippen molar-refractivity contribution in [1.29, 1.82) is 0 Å². The van der Waals surface area contributed by atoms with Crippen molar-refractivity contribution >= 4 is 55.7 Å². The van der Waals surface area contributed by atoms with Gasteiger partial charge >= 0.3 is 7.12 Å². The van der Waals surface area contributed by atoms with E-state index < -0.39 is 7.12 Å². The smallest absolute Gasteiger partial charge is 0.399 e. The summed E-state index contributed by atoms with van der Waals surface area (Å²) in [6.07, 6.45) is 0. The molecule has 1 fully saturated rings.